The molecule has 0 amide bonds. The zero-order valence-corrected chi connectivity index (χ0v) is 20.3. The molecule has 4 saturated carbocycles. The van der Waals surface area contributed by atoms with E-state index in [4.69, 9.17) is 10.5 Å². The largest absolute Gasteiger partial charge is 0.360 e. The van der Waals surface area contributed by atoms with Crippen LogP contribution in [-0.4, -0.2) is 24.9 Å². The third-order valence-corrected chi connectivity index (χ3v) is 11.5. The van der Waals surface area contributed by atoms with Crippen molar-refractivity contribution in [2.75, 3.05) is 6.54 Å². The molecule has 0 spiro atoms. The number of fused-ring (bicyclic) bond motifs is 7. The van der Waals surface area contributed by atoms with Crippen LogP contribution in [0.5, 0.6) is 0 Å². The smallest absolute Gasteiger partial charge is 0.111 e. The zero-order chi connectivity index (χ0) is 21.3. The van der Waals surface area contributed by atoms with Gasteiger partial charge in [0.1, 0.15) is 6.23 Å². The van der Waals surface area contributed by atoms with Gasteiger partial charge in [-0.25, -0.2) is 0 Å². The molecule has 3 heteroatoms. The molecule has 10 unspecified atom stereocenters. The number of nitrogens with two attached hydrogens (primary N) is 1. The monoisotopic (exact) mass is 416 g/mol. The number of nitrogens with one attached hydrogen (secondary N) is 1. The van der Waals surface area contributed by atoms with Gasteiger partial charge in [-0.15, -0.1) is 0 Å². The first-order valence-electron chi connectivity index (χ1n) is 13.4. The molecule has 172 valence electrons. The summed E-state index contributed by atoms with van der Waals surface area (Å²) in [5, 5.41) is 3.79. The zero-order valence-electron chi connectivity index (χ0n) is 20.3. The van der Waals surface area contributed by atoms with Crippen LogP contribution in [0.15, 0.2) is 0 Å². The van der Waals surface area contributed by atoms with Crippen LogP contribution in [0, 0.1) is 52.3 Å². The molecular weight excluding hydrogens is 368 g/mol. The van der Waals surface area contributed by atoms with Gasteiger partial charge in [-0.3, -0.25) is 5.32 Å². The molecule has 1 saturated heterocycles. The van der Waals surface area contributed by atoms with Gasteiger partial charge in [-0.1, -0.05) is 41.0 Å². The summed E-state index contributed by atoms with van der Waals surface area (Å²) in [6.07, 6.45) is 13.0. The van der Waals surface area contributed by atoms with E-state index < -0.39 is 0 Å². The van der Waals surface area contributed by atoms with E-state index >= 15 is 0 Å². The van der Waals surface area contributed by atoms with Crippen molar-refractivity contribution in [3.63, 3.8) is 0 Å². The summed E-state index contributed by atoms with van der Waals surface area (Å²) in [6.45, 7) is 13.5. The highest BCUT2D eigenvalue weighted by atomic mass is 16.5. The summed E-state index contributed by atoms with van der Waals surface area (Å²) in [4.78, 5) is 0. The van der Waals surface area contributed by atoms with Crippen molar-refractivity contribution in [1.82, 2.24) is 5.32 Å². The first-order valence-corrected chi connectivity index (χ1v) is 13.4. The van der Waals surface area contributed by atoms with Crippen LogP contribution >= 0.6 is 0 Å². The number of hydrogen-bond donors (Lipinski definition) is 2. The van der Waals surface area contributed by atoms with Gasteiger partial charge in [0.05, 0.1) is 6.10 Å². The quantitative estimate of drug-likeness (QED) is 0.629. The van der Waals surface area contributed by atoms with Gasteiger partial charge in [0.2, 0.25) is 0 Å². The maximum atomic E-state index is 6.75. The number of ether oxygens (including phenoxy) is 1. The summed E-state index contributed by atoms with van der Waals surface area (Å²) >= 11 is 0. The lowest BCUT2D eigenvalue weighted by molar-refractivity contribution is -0.117. The SMILES string of the molecule is CC[C@H](C)CNC1O[C@H]2CC3C4CCC5CC(N)CCC5(C)C4CCC3(C)C2C1C. The lowest BCUT2D eigenvalue weighted by Gasteiger charge is -2.61. The van der Waals surface area contributed by atoms with Crippen LogP contribution in [0.25, 0.3) is 0 Å². The Kier molecular flexibility index (Phi) is 5.60. The van der Waals surface area contributed by atoms with E-state index in [1.54, 1.807) is 0 Å². The summed E-state index contributed by atoms with van der Waals surface area (Å²) < 4.78 is 6.75. The van der Waals surface area contributed by atoms with E-state index in [9.17, 15) is 0 Å². The highest BCUT2D eigenvalue weighted by molar-refractivity contribution is 5.14. The first kappa shape index (κ1) is 21.7. The first-order chi connectivity index (χ1) is 14.3. The molecule has 1 aliphatic heterocycles. The second-order valence-corrected chi connectivity index (χ2v) is 12.9. The summed E-state index contributed by atoms with van der Waals surface area (Å²) in [5.41, 5.74) is 7.45. The lowest BCUT2D eigenvalue weighted by Crippen LogP contribution is -2.55. The Hall–Kier alpha value is -0.120. The van der Waals surface area contributed by atoms with E-state index in [-0.39, 0.29) is 6.23 Å². The topological polar surface area (TPSA) is 47.3 Å². The molecule has 0 aromatic carbocycles. The molecule has 3 nitrogen and oxygen atoms in total. The van der Waals surface area contributed by atoms with Gasteiger partial charge >= 0.3 is 0 Å². The van der Waals surface area contributed by atoms with Crippen LogP contribution in [-0.2, 0) is 4.74 Å². The minimum Gasteiger partial charge on any atom is -0.360 e. The highest BCUT2D eigenvalue weighted by Crippen LogP contribution is 2.69. The Bertz CT molecular complexity index is 638. The molecule has 30 heavy (non-hydrogen) atoms. The third-order valence-electron chi connectivity index (χ3n) is 11.5. The van der Waals surface area contributed by atoms with Gasteiger partial charge in [-0.2, -0.15) is 0 Å². The molecule has 4 aliphatic carbocycles. The van der Waals surface area contributed by atoms with Crippen molar-refractivity contribution >= 4 is 0 Å². The normalized spacial score (nSPS) is 56.0. The van der Waals surface area contributed by atoms with Gasteiger partial charge in [-0.05, 0) is 97.7 Å². The van der Waals surface area contributed by atoms with Crippen LogP contribution < -0.4 is 11.1 Å². The van der Waals surface area contributed by atoms with Crippen molar-refractivity contribution in [2.45, 2.75) is 111 Å². The fourth-order valence-corrected chi connectivity index (χ4v) is 9.59. The van der Waals surface area contributed by atoms with Crippen LogP contribution in [0.3, 0.4) is 0 Å². The van der Waals surface area contributed by atoms with Crippen LogP contribution in [0.1, 0.15) is 92.4 Å². The van der Waals surface area contributed by atoms with E-state index in [0.29, 0.717) is 28.9 Å². The highest BCUT2D eigenvalue weighted by Gasteiger charge is 2.65. The van der Waals surface area contributed by atoms with E-state index in [0.717, 1.165) is 42.1 Å². The van der Waals surface area contributed by atoms with Gasteiger partial charge < -0.3 is 10.5 Å². The fourth-order valence-electron chi connectivity index (χ4n) is 9.59. The fraction of sp³-hybridized carbons (Fsp3) is 1.00. The molecule has 0 radical (unpaired) electrons. The Labute approximate surface area is 185 Å². The molecule has 0 bridgehead atoms. The molecule has 3 N–H and O–H groups in total. The average molecular weight is 417 g/mol. The number of hydrogen-bond acceptors (Lipinski definition) is 3. The second kappa shape index (κ2) is 7.73. The van der Waals surface area contributed by atoms with E-state index in [1.807, 2.05) is 0 Å². The summed E-state index contributed by atoms with van der Waals surface area (Å²) in [7, 11) is 0. The molecular formula is C27H48N2O. The van der Waals surface area contributed by atoms with Crippen molar-refractivity contribution in [3.8, 4) is 0 Å². The van der Waals surface area contributed by atoms with Crippen LogP contribution in [0.2, 0.25) is 0 Å². The van der Waals surface area contributed by atoms with Crippen molar-refractivity contribution < 1.29 is 4.74 Å². The van der Waals surface area contributed by atoms with E-state index in [2.05, 4.69) is 39.9 Å². The Morgan fingerprint density at radius 1 is 1.03 bits per heavy atom. The maximum absolute atomic E-state index is 6.75. The lowest BCUT2D eigenvalue weighted by atomic mass is 9.44. The number of rotatable bonds is 4. The van der Waals surface area contributed by atoms with Crippen molar-refractivity contribution in [3.05, 3.63) is 0 Å². The van der Waals surface area contributed by atoms with Crippen LogP contribution in [0.4, 0.5) is 0 Å². The molecule has 0 aromatic heterocycles. The minimum atomic E-state index is 0.276. The molecule has 12 atom stereocenters. The average Bonchev–Trinajstić information content (AvgIpc) is 3.20. The van der Waals surface area contributed by atoms with Gasteiger partial charge in [0.25, 0.3) is 0 Å². The predicted molar refractivity (Wildman–Crippen MR) is 124 cm³/mol. The predicted octanol–water partition coefficient (Wildman–Crippen LogP) is 5.58. The molecule has 5 rings (SSSR count). The molecule has 5 fully saturated rings. The third kappa shape index (κ3) is 3.16. The van der Waals surface area contributed by atoms with Gasteiger partial charge in [0.15, 0.2) is 0 Å². The molecule has 0 aromatic rings. The van der Waals surface area contributed by atoms with Gasteiger partial charge in [0, 0.05) is 18.5 Å². The van der Waals surface area contributed by atoms with E-state index in [1.165, 1.54) is 57.8 Å². The Morgan fingerprint density at radius 2 is 1.80 bits per heavy atom. The standard InChI is InChI=1S/C27H48N2O/c1-6-16(2)15-29-25-17(3)24-23(30-25)14-22-20-8-7-18-13-19(28)9-11-26(18,4)21(20)10-12-27(22,24)5/h16-25,29H,6-15,28H2,1-5H3/t16-,17?,18?,19?,20?,21?,22?,23-,24?,25?,26?,27?/m0/s1. The minimum absolute atomic E-state index is 0.276. The second-order valence-electron chi connectivity index (χ2n) is 12.9. The molecule has 1 heterocycles. The summed E-state index contributed by atoms with van der Waals surface area (Å²) in [6, 6.07) is 0.466. The maximum Gasteiger partial charge on any atom is 0.111 e. The summed E-state index contributed by atoms with van der Waals surface area (Å²) in [5.74, 6) is 5.78. The Morgan fingerprint density at radius 3 is 2.57 bits per heavy atom. The van der Waals surface area contributed by atoms with Crippen molar-refractivity contribution in [1.29, 1.82) is 0 Å². The Balaban J connectivity index is 1.32. The molecule has 5 aliphatic rings. The van der Waals surface area contributed by atoms with Crippen molar-refractivity contribution in [2.24, 2.45) is 58.0 Å².